The van der Waals surface area contributed by atoms with E-state index in [2.05, 4.69) is 48.5 Å². The number of phosphoric acid groups is 2. The Kier molecular flexibility index (Phi) is 66.2. The Hall–Kier alpha value is -1.94. The molecule has 3 N–H and O–H groups in total. The van der Waals surface area contributed by atoms with Crippen LogP contribution in [0.1, 0.15) is 395 Å². The van der Waals surface area contributed by atoms with Gasteiger partial charge in [0.05, 0.1) is 26.4 Å². The summed E-state index contributed by atoms with van der Waals surface area (Å²) in [4.78, 5) is 72.9. The van der Waals surface area contributed by atoms with Crippen LogP contribution in [0.15, 0.2) is 0 Å². The molecule has 0 radical (unpaired) electrons. The molecule has 3 unspecified atom stereocenters. The lowest BCUT2D eigenvalue weighted by atomic mass is 10.00. The van der Waals surface area contributed by atoms with Crippen molar-refractivity contribution in [1.29, 1.82) is 0 Å². The van der Waals surface area contributed by atoms with Crippen LogP contribution >= 0.6 is 15.6 Å². The second kappa shape index (κ2) is 67.5. The molecule has 0 aliphatic carbocycles. The lowest BCUT2D eigenvalue weighted by molar-refractivity contribution is -0.161. The zero-order valence-electron chi connectivity index (χ0n) is 62.8. The van der Waals surface area contributed by atoms with Gasteiger partial charge in [0.15, 0.2) is 12.2 Å². The van der Waals surface area contributed by atoms with Crippen molar-refractivity contribution < 1.29 is 80.2 Å². The summed E-state index contributed by atoms with van der Waals surface area (Å²) in [6, 6.07) is 0. The standard InChI is InChI=1S/C77H150O17P2/c1-8-10-11-12-13-14-15-16-17-18-22-25-31-36-44-51-58-74(79)87-64-72(93-76(81)60-53-46-37-32-26-23-20-19-21-24-29-34-41-48-55-68(3)4)66-91-95(83,84)89-62-71(78)63-90-96(85,86)92-67-73(65-88-75(80)59-52-45-40-39-43-50-57-70(7)9-2)94-77(82)61-54-47-38-33-28-27-30-35-42-49-56-69(5)6/h68-73,78H,8-67H2,1-7H3,(H,83,84)(H,85,86)/t70?,71-,72-,73-/m1/s1. The lowest BCUT2D eigenvalue weighted by Crippen LogP contribution is -2.30. The smallest absolute Gasteiger partial charge is 0.462 e. The lowest BCUT2D eigenvalue weighted by Gasteiger charge is -2.21. The molecular formula is C77H150O17P2. The van der Waals surface area contributed by atoms with E-state index in [-0.39, 0.29) is 25.7 Å². The van der Waals surface area contributed by atoms with Crippen molar-refractivity contribution in [1.82, 2.24) is 0 Å². The second-order valence-corrected chi connectivity index (χ2v) is 31.8. The zero-order chi connectivity index (χ0) is 70.9. The minimum atomic E-state index is -4.96. The molecule has 0 bridgehead atoms. The molecule has 0 heterocycles. The summed E-state index contributed by atoms with van der Waals surface area (Å²) in [6.45, 7) is 11.9. The first kappa shape index (κ1) is 94.1. The molecule has 96 heavy (non-hydrogen) atoms. The SMILES string of the molecule is CCCCCCCCCCCCCCCCCCC(=O)OC[C@H](COP(=O)(O)OC[C@@H](O)COP(=O)(O)OC[C@@H](COC(=O)CCCCCCCCC(C)CC)OC(=O)CCCCCCCCCCCCC(C)C)OC(=O)CCCCCCCCCCCCCCCCC(C)C. The van der Waals surface area contributed by atoms with Gasteiger partial charge in [-0.15, -0.1) is 0 Å². The number of unbranched alkanes of at least 4 members (excludes halogenated alkanes) is 42. The van der Waals surface area contributed by atoms with Crippen LogP contribution in [0.4, 0.5) is 0 Å². The van der Waals surface area contributed by atoms with Gasteiger partial charge in [-0.25, -0.2) is 9.13 Å². The van der Waals surface area contributed by atoms with Gasteiger partial charge >= 0.3 is 39.5 Å². The fourth-order valence-corrected chi connectivity index (χ4v) is 13.3. The average molecular weight is 1410 g/mol. The van der Waals surface area contributed by atoms with Crippen LogP contribution in [-0.4, -0.2) is 96.7 Å². The first-order valence-corrected chi connectivity index (χ1v) is 42.9. The summed E-state index contributed by atoms with van der Waals surface area (Å²) in [6.07, 6.45) is 54.1. The van der Waals surface area contributed by atoms with Gasteiger partial charge in [-0.3, -0.25) is 37.3 Å². The van der Waals surface area contributed by atoms with Crippen LogP contribution in [-0.2, 0) is 65.4 Å². The Labute approximate surface area is 588 Å². The molecule has 570 valence electrons. The largest absolute Gasteiger partial charge is 0.472 e. The number of carbonyl (C=O) groups is 4. The minimum absolute atomic E-state index is 0.105. The highest BCUT2D eigenvalue weighted by molar-refractivity contribution is 7.47. The first-order valence-electron chi connectivity index (χ1n) is 39.9. The van der Waals surface area contributed by atoms with Crippen molar-refractivity contribution in [3.63, 3.8) is 0 Å². The number of esters is 4. The summed E-state index contributed by atoms with van der Waals surface area (Å²) in [7, 11) is -9.91. The third-order valence-electron chi connectivity index (χ3n) is 18.2. The van der Waals surface area contributed by atoms with Crippen molar-refractivity contribution >= 4 is 39.5 Å². The topological polar surface area (TPSA) is 237 Å². The van der Waals surface area contributed by atoms with Crippen LogP contribution in [0.3, 0.4) is 0 Å². The van der Waals surface area contributed by atoms with E-state index in [1.807, 2.05) is 0 Å². The summed E-state index contributed by atoms with van der Waals surface area (Å²) in [5, 5.41) is 10.6. The normalized spacial score (nSPS) is 14.3. The Bertz CT molecular complexity index is 1870. The average Bonchev–Trinajstić information content (AvgIpc) is 1.81. The van der Waals surface area contributed by atoms with Crippen molar-refractivity contribution in [2.45, 2.75) is 414 Å². The van der Waals surface area contributed by atoms with E-state index in [9.17, 15) is 43.2 Å². The summed E-state index contributed by atoms with van der Waals surface area (Å²) < 4.78 is 68.6. The minimum Gasteiger partial charge on any atom is -0.462 e. The number of aliphatic hydroxyl groups is 1. The Morgan fingerprint density at radius 2 is 0.531 bits per heavy atom. The van der Waals surface area contributed by atoms with Crippen molar-refractivity contribution in [3.8, 4) is 0 Å². The van der Waals surface area contributed by atoms with Gasteiger partial charge in [-0.2, -0.15) is 0 Å². The van der Waals surface area contributed by atoms with Crippen LogP contribution < -0.4 is 0 Å². The molecule has 19 heteroatoms. The number of rotatable bonds is 75. The quantitative estimate of drug-likeness (QED) is 0.0222. The Balaban J connectivity index is 5.25. The monoisotopic (exact) mass is 1410 g/mol. The molecule has 0 aliphatic rings. The number of aliphatic hydroxyl groups excluding tert-OH is 1. The van der Waals surface area contributed by atoms with E-state index < -0.39 is 97.5 Å². The summed E-state index contributed by atoms with van der Waals surface area (Å²) in [5.41, 5.74) is 0. The van der Waals surface area contributed by atoms with Gasteiger partial charge < -0.3 is 33.8 Å². The Morgan fingerprint density at radius 3 is 0.792 bits per heavy atom. The van der Waals surface area contributed by atoms with Crippen molar-refractivity contribution in [2.75, 3.05) is 39.6 Å². The number of hydrogen-bond acceptors (Lipinski definition) is 15. The third-order valence-corrected chi connectivity index (χ3v) is 20.1. The van der Waals surface area contributed by atoms with E-state index in [1.54, 1.807) is 0 Å². The molecular weight excluding hydrogens is 1260 g/mol. The van der Waals surface area contributed by atoms with Crippen LogP contribution in [0, 0.1) is 17.8 Å². The third kappa shape index (κ3) is 69.2. The highest BCUT2D eigenvalue weighted by Gasteiger charge is 2.30. The van der Waals surface area contributed by atoms with E-state index in [4.69, 9.17) is 37.0 Å². The zero-order valence-corrected chi connectivity index (χ0v) is 64.6. The van der Waals surface area contributed by atoms with Crippen LogP contribution in [0.25, 0.3) is 0 Å². The van der Waals surface area contributed by atoms with Crippen LogP contribution in [0.2, 0.25) is 0 Å². The molecule has 0 aliphatic heterocycles. The van der Waals surface area contributed by atoms with Gasteiger partial charge in [-0.1, -0.05) is 344 Å². The van der Waals surface area contributed by atoms with Gasteiger partial charge in [0, 0.05) is 25.7 Å². The molecule has 6 atom stereocenters. The maximum Gasteiger partial charge on any atom is 0.472 e. The van der Waals surface area contributed by atoms with Gasteiger partial charge in [-0.05, 0) is 43.4 Å². The fourth-order valence-electron chi connectivity index (χ4n) is 11.7. The number of hydrogen-bond donors (Lipinski definition) is 3. The molecule has 0 aromatic heterocycles. The number of carbonyl (C=O) groups excluding carboxylic acids is 4. The molecule has 0 spiro atoms. The molecule has 0 amide bonds. The van der Waals surface area contributed by atoms with Crippen molar-refractivity contribution in [3.05, 3.63) is 0 Å². The van der Waals surface area contributed by atoms with E-state index in [0.717, 1.165) is 114 Å². The number of phosphoric ester groups is 2. The predicted octanol–water partition coefficient (Wildman–Crippen LogP) is 22.6. The fraction of sp³-hybridized carbons (Fsp3) is 0.948. The maximum atomic E-state index is 13.1. The molecule has 0 fully saturated rings. The molecule has 0 saturated heterocycles. The maximum absolute atomic E-state index is 13.1. The van der Waals surface area contributed by atoms with Gasteiger partial charge in [0.25, 0.3) is 0 Å². The molecule has 0 rings (SSSR count). The highest BCUT2D eigenvalue weighted by atomic mass is 31.2. The molecule has 0 aromatic rings. The van der Waals surface area contributed by atoms with E-state index in [0.29, 0.717) is 25.7 Å². The summed E-state index contributed by atoms with van der Waals surface area (Å²) in [5.74, 6) is 0.161. The summed E-state index contributed by atoms with van der Waals surface area (Å²) >= 11 is 0. The highest BCUT2D eigenvalue weighted by Crippen LogP contribution is 2.45. The molecule has 0 saturated carbocycles. The molecule has 17 nitrogen and oxygen atoms in total. The van der Waals surface area contributed by atoms with E-state index in [1.165, 1.54) is 199 Å². The Morgan fingerprint density at radius 1 is 0.302 bits per heavy atom. The van der Waals surface area contributed by atoms with Gasteiger partial charge in [0.2, 0.25) is 0 Å². The second-order valence-electron chi connectivity index (χ2n) is 28.9. The van der Waals surface area contributed by atoms with Crippen molar-refractivity contribution in [2.24, 2.45) is 17.8 Å². The van der Waals surface area contributed by atoms with Crippen LogP contribution in [0.5, 0.6) is 0 Å². The molecule has 0 aromatic carbocycles. The predicted molar refractivity (Wildman–Crippen MR) is 391 cm³/mol. The number of ether oxygens (including phenoxy) is 4. The van der Waals surface area contributed by atoms with Gasteiger partial charge in [0.1, 0.15) is 19.3 Å². The first-order chi connectivity index (χ1) is 46.3. The van der Waals surface area contributed by atoms with E-state index >= 15 is 0 Å².